The van der Waals surface area contributed by atoms with E-state index in [0.717, 1.165) is 23.4 Å². The molecule has 0 saturated carbocycles. The quantitative estimate of drug-likeness (QED) is 0.750. The normalized spacial score (nSPS) is 11.6. The molecule has 0 aliphatic carbocycles. The lowest BCUT2D eigenvalue weighted by atomic mass is 10.1. The summed E-state index contributed by atoms with van der Waals surface area (Å²) >= 11 is 0. The molecule has 3 amide bonds. The Morgan fingerprint density at radius 3 is 2.54 bits per heavy atom. The molecule has 1 aromatic heterocycles. The largest absolute Gasteiger partial charge is 0.357 e. The van der Waals surface area contributed by atoms with Crippen molar-refractivity contribution in [2.75, 3.05) is 7.05 Å². The Morgan fingerprint density at radius 2 is 1.96 bits per heavy atom. The molecule has 24 heavy (non-hydrogen) atoms. The molecule has 1 atom stereocenters. The van der Waals surface area contributed by atoms with Gasteiger partial charge in [0.2, 0.25) is 5.91 Å². The molecule has 1 unspecified atom stereocenters. The summed E-state index contributed by atoms with van der Waals surface area (Å²) < 4.78 is 1.82. The number of carbonyl (C=O) groups excluding carboxylic acids is 2. The van der Waals surface area contributed by atoms with E-state index in [1.54, 1.807) is 19.2 Å². The molecule has 7 heteroatoms. The van der Waals surface area contributed by atoms with Crippen LogP contribution < -0.4 is 16.0 Å². The molecule has 0 aliphatic heterocycles. The fourth-order valence-electron chi connectivity index (χ4n) is 2.34. The Bertz CT molecular complexity index is 696. The number of nitrogens with one attached hydrogen (secondary N) is 3. The van der Waals surface area contributed by atoms with Gasteiger partial charge in [0.05, 0.1) is 5.69 Å². The van der Waals surface area contributed by atoms with E-state index in [9.17, 15) is 9.59 Å². The van der Waals surface area contributed by atoms with Gasteiger partial charge in [0, 0.05) is 31.9 Å². The zero-order chi connectivity index (χ0) is 17.5. The molecule has 0 radical (unpaired) electrons. The molecule has 0 saturated heterocycles. The highest BCUT2D eigenvalue weighted by Crippen LogP contribution is 2.12. The van der Waals surface area contributed by atoms with E-state index in [-0.39, 0.29) is 5.91 Å². The van der Waals surface area contributed by atoms with Crippen molar-refractivity contribution in [1.82, 2.24) is 25.7 Å². The first kappa shape index (κ1) is 17.5. The smallest absolute Gasteiger partial charge is 0.315 e. The molecular weight excluding hydrogens is 306 g/mol. The van der Waals surface area contributed by atoms with Gasteiger partial charge in [0.15, 0.2) is 0 Å². The summed E-state index contributed by atoms with van der Waals surface area (Å²) in [4.78, 5) is 24.2. The van der Waals surface area contributed by atoms with Crippen molar-refractivity contribution in [3.05, 3.63) is 53.3 Å². The first-order valence-electron chi connectivity index (χ1n) is 7.89. The molecule has 7 nitrogen and oxygen atoms in total. The average Bonchev–Trinajstić information content (AvgIpc) is 2.98. The number of amides is 3. The molecule has 128 valence electrons. The maximum atomic E-state index is 12.2. The minimum absolute atomic E-state index is 0.272. The van der Waals surface area contributed by atoms with Crippen LogP contribution in [0.5, 0.6) is 0 Å². The number of rotatable bonds is 6. The SMILES string of the molecule is CCn1cc(CNC(=O)NC(C(=O)NC)c2ccccc2)c(C)n1. The summed E-state index contributed by atoms with van der Waals surface area (Å²) in [6, 6.07) is 7.97. The minimum atomic E-state index is -0.740. The Balaban J connectivity index is 2.00. The predicted molar refractivity (Wildman–Crippen MR) is 91.3 cm³/mol. The first-order chi connectivity index (χ1) is 11.5. The predicted octanol–water partition coefficient (Wildman–Crippen LogP) is 1.50. The number of likely N-dealkylation sites (N-methyl/N-ethyl adjacent to an activating group) is 1. The molecule has 0 spiro atoms. The molecular formula is C17H23N5O2. The number of aromatic nitrogens is 2. The standard InChI is InChI=1S/C17H23N5O2/c1-4-22-11-14(12(2)21-22)10-19-17(24)20-15(16(23)18-3)13-8-6-5-7-9-13/h5-9,11,15H,4,10H2,1-3H3,(H,18,23)(H2,19,20,24). The fraction of sp³-hybridized carbons (Fsp3) is 0.353. The number of hydrogen-bond donors (Lipinski definition) is 3. The van der Waals surface area contributed by atoms with E-state index in [2.05, 4.69) is 21.0 Å². The van der Waals surface area contributed by atoms with E-state index in [1.807, 2.05) is 42.9 Å². The van der Waals surface area contributed by atoms with Gasteiger partial charge in [-0.3, -0.25) is 9.48 Å². The monoisotopic (exact) mass is 329 g/mol. The molecule has 0 bridgehead atoms. The van der Waals surface area contributed by atoms with Crippen molar-refractivity contribution in [1.29, 1.82) is 0 Å². The van der Waals surface area contributed by atoms with Crippen LogP contribution in [0.15, 0.2) is 36.5 Å². The van der Waals surface area contributed by atoms with Gasteiger partial charge in [-0.25, -0.2) is 4.79 Å². The molecule has 1 aromatic carbocycles. The lowest BCUT2D eigenvalue weighted by Gasteiger charge is -2.18. The maximum absolute atomic E-state index is 12.2. The summed E-state index contributed by atoms with van der Waals surface area (Å²) in [6.07, 6.45) is 1.91. The number of aryl methyl sites for hydroxylation is 2. The van der Waals surface area contributed by atoms with Crippen LogP contribution in [0.2, 0.25) is 0 Å². The van der Waals surface area contributed by atoms with E-state index in [0.29, 0.717) is 6.54 Å². The van der Waals surface area contributed by atoms with Crippen LogP contribution in [0.1, 0.15) is 29.8 Å². The lowest BCUT2D eigenvalue weighted by Crippen LogP contribution is -2.43. The maximum Gasteiger partial charge on any atom is 0.315 e. The van der Waals surface area contributed by atoms with Crippen LogP contribution in [0.4, 0.5) is 4.79 Å². The molecule has 1 heterocycles. The highest BCUT2D eigenvalue weighted by atomic mass is 16.2. The Hall–Kier alpha value is -2.83. The van der Waals surface area contributed by atoms with Gasteiger partial charge in [-0.2, -0.15) is 5.10 Å². The van der Waals surface area contributed by atoms with Crippen LogP contribution in [0.3, 0.4) is 0 Å². The van der Waals surface area contributed by atoms with Crippen molar-refractivity contribution in [3.8, 4) is 0 Å². The summed E-state index contributed by atoms with van der Waals surface area (Å²) in [7, 11) is 1.54. The van der Waals surface area contributed by atoms with Gasteiger partial charge < -0.3 is 16.0 Å². The van der Waals surface area contributed by atoms with Gasteiger partial charge >= 0.3 is 6.03 Å². The molecule has 3 N–H and O–H groups in total. The van der Waals surface area contributed by atoms with Gasteiger partial charge in [-0.15, -0.1) is 0 Å². The zero-order valence-corrected chi connectivity index (χ0v) is 14.2. The molecule has 0 fully saturated rings. The van der Waals surface area contributed by atoms with E-state index in [4.69, 9.17) is 0 Å². The average molecular weight is 329 g/mol. The van der Waals surface area contributed by atoms with Crippen molar-refractivity contribution >= 4 is 11.9 Å². The zero-order valence-electron chi connectivity index (χ0n) is 14.2. The summed E-state index contributed by atoms with van der Waals surface area (Å²) in [5.41, 5.74) is 2.55. The highest BCUT2D eigenvalue weighted by Gasteiger charge is 2.21. The second-order valence-corrected chi connectivity index (χ2v) is 5.38. The van der Waals surface area contributed by atoms with Gasteiger partial charge in [-0.1, -0.05) is 30.3 Å². The third kappa shape index (κ3) is 4.34. The van der Waals surface area contributed by atoms with Crippen molar-refractivity contribution in [3.63, 3.8) is 0 Å². The summed E-state index contributed by atoms with van der Waals surface area (Å²) in [5, 5.41) is 12.4. The van der Waals surface area contributed by atoms with E-state index >= 15 is 0 Å². The lowest BCUT2D eigenvalue weighted by molar-refractivity contribution is -0.122. The number of hydrogen-bond acceptors (Lipinski definition) is 3. The van der Waals surface area contributed by atoms with Gasteiger partial charge in [-0.05, 0) is 19.4 Å². The van der Waals surface area contributed by atoms with Crippen molar-refractivity contribution < 1.29 is 9.59 Å². The van der Waals surface area contributed by atoms with E-state index in [1.165, 1.54) is 0 Å². The second-order valence-electron chi connectivity index (χ2n) is 5.38. The van der Waals surface area contributed by atoms with Gasteiger partial charge in [0.1, 0.15) is 6.04 Å². The number of nitrogens with zero attached hydrogens (tertiary/aromatic N) is 2. The first-order valence-corrected chi connectivity index (χ1v) is 7.89. The topological polar surface area (TPSA) is 88.0 Å². The summed E-state index contributed by atoms with van der Waals surface area (Å²) in [6.45, 7) is 5.04. The van der Waals surface area contributed by atoms with Crippen LogP contribution in [-0.2, 0) is 17.9 Å². The molecule has 2 aromatic rings. The molecule has 0 aliphatic rings. The number of carbonyl (C=O) groups is 2. The third-order valence-electron chi connectivity index (χ3n) is 3.73. The van der Waals surface area contributed by atoms with Gasteiger partial charge in [0.25, 0.3) is 0 Å². The van der Waals surface area contributed by atoms with Crippen molar-refractivity contribution in [2.45, 2.75) is 33.0 Å². The van der Waals surface area contributed by atoms with Crippen LogP contribution in [-0.4, -0.2) is 28.8 Å². The van der Waals surface area contributed by atoms with Crippen LogP contribution in [0.25, 0.3) is 0 Å². The Labute approximate surface area is 141 Å². The third-order valence-corrected chi connectivity index (χ3v) is 3.73. The minimum Gasteiger partial charge on any atom is -0.357 e. The number of urea groups is 1. The van der Waals surface area contributed by atoms with Crippen LogP contribution >= 0.6 is 0 Å². The highest BCUT2D eigenvalue weighted by molar-refractivity contribution is 5.87. The second kappa shape index (κ2) is 8.14. The van der Waals surface area contributed by atoms with Crippen molar-refractivity contribution in [2.24, 2.45) is 0 Å². The molecule has 2 rings (SSSR count). The Morgan fingerprint density at radius 1 is 1.25 bits per heavy atom. The summed E-state index contributed by atoms with van der Waals surface area (Å²) in [5.74, 6) is -0.272. The number of benzene rings is 1. The Kier molecular flexibility index (Phi) is 5.95. The van der Waals surface area contributed by atoms with Crippen LogP contribution in [0, 0.1) is 6.92 Å². The van der Waals surface area contributed by atoms with E-state index < -0.39 is 12.1 Å². The fourth-order valence-corrected chi connectivity index (χ4v) is 2.34.